The molecule has 0 heterocycles. The Balaban J connectivity index is 2.24. The molecule has 2 rings (SSSR count). The number of carbonyl (C=O) groups excluding carboxylic acids is 2. The number of ether oxygens (including phenoxy) is 2. The normalized spacial score (nSPS) is 13.7. The summed E-state index contributed by atoms with van der Waals surface area (Å²) in [7, 11) is 1.35. The molecular weight excluding hydrogens is 266 g/mol. The molecule has 7 heteroatoms. The molecule has 0 bridgehead atoms. The Morgan fingerprint density at radius 1 is 1.45 bits per heavy atom. The van der Waals surface area contributed by atoms with E-state index in [0.29, 0.717) is 6.29 Å². The molecule has 0 spiro atoms. The van der Waals surface area contributed by atoms with Gasteiger partial charge in [-0.1, -0.05) is 0 Å². The van der Waals surface area contributed by atoms with Gasteiger partial charge in [-0.15, -0.1) is 0 Å². The maximum atomic E-state index is 11.6. The predicted molar refractivity (Wildman–Crippen MR) is 68.3 cm³/mol. The van der Waals surface area contributed by atoms with Crippen LogP contribution in [-0.4, -0.2) is 30.7 Å². The monoisotopic (exact) mass is 279 g/mol. The van der Waals surface area contributed by atoms with Crippen LogP contribution in [0.4, 0.5) is 5.69 Å². The molecule has 0 aliphatic heterocycles. The summed E-state index contributed by atoms with van der Waals surface area (Å²) in [6.45, 7) is -0.154. The largest absolute Gasteiger partial charge is 0.493 e. The number of carbonyl (C=O) groups is 2. The van der Waals surface area contributed by atoms with Crippen LogP contribution < -0.4 is 9.47 Å². The van der Waals surface area contributed by atoms with Gasteiger partial charge in [-0.3, -0.25) is 19.7 Å². The van der Waals surface area contributed by atoms with E-state index < -0.39 is 4.92 Å². The minimum atomic E-state index is -0.682. The summed E-state index contributed by atoms with van der Waals surface area (Å²) in [6, 6.07) is 2.32. The van der Waals surface area contributed by atoms with Gasteiger partial charge in [0.2, 0.25) is 0 Å². The summed E-state index contributed by atoms with van der Waals surface area (Å²) in [5, 5.41) is 10.9. The fourth-order valence-electron chi connectivity index (χ4n) is 1.76. The summed E-state index contributed by atoms with van der Waals surface area (Å²) >= 11 is 0. The lowest BCUT2D eigenvalue weighted by molar-refractivity contribution is -0.385. The van der Waals surface area contributed by atoms with Crippen molar-refractivity contribution in [1.82, 2.24) is 0 Å². The molecule has 0 atom stereocenters. The smallest absolute Gasteiger partial charge is 0.283 e. The Morgan fingerprint density at radius 3 is 2.65 bits per heavy atom. The molecule has 0 amide bonds. The van der Waals surface area contributed by atoms with Gasteiger partial charge in [0, 0.05) is 12.0 Å². The highest BCUT2D eigenvalue weighted by molar-refractivity contribution is 5.85. The van der Waals surface area contributed by atoms with Gasteiger partial charge < -0.3 is 9.47 Å². The second-order valence-corrected chi connectivity index (χ2v) is 4.47. The highest BCUT2D eigenvalue weighted by Crippen LogP contribution is 2.35. The number of nitro groups is 1. The first-order valence-electron chi connectivity index (χ1n) is 6.04. The second kappa shape index (κ2) is 5.68. The quantitative estimate of drug-likeness (QED) is 0.429. The molecular formula is C13H13NO6. The van der Waals surface area contributed by atoms with E-state index in [-0.39, 0.29) is 41.1 Å². The predicted octanol–water partition coefficient (Wildman–Crippen LogP) is 1.77. The van der Waals surface area contributed by atoms with Gasteiger partial charge in [-0.05, 0) is 12.8 Å². The maximum Gasteiger partial charge on any atom is 0.283 e. The lowest BCUT2D eigenvalue weighted by atomic mass is 10.1. The Labute approximate surface area is 114 Å². The molecule has 106 valence electrons. The van der Waals surface area contributed by atoms with Crippen molar-refractivity contribution >= 4 is 17.8 Å². The van der Waals surface area contributed by atoms with Crippen LogP contribution in [0.5, 0.6) is 11.5 Å². The molecule has 0 radical (unpaired) electrons. The number of nitrogens with zero attached hydrogens (tertiary/aromatic N) is 1. The van der Waals surface area contributed by atoms with Crippen molar-refractivity contribution in [3.8, 4) is 11.5 Å². The first-order valence-corrected chi connectivity index (χ1v) is 6.04. The van der Waals surface area contributed by atoms with Crippen LogP contribution in [0.15, 0.2) is 12.1 Å². The van der Waals surface area contributed by atoms with Crippen LogP contribution in [-0.2, 0) is 4.79 Å². The van der Waals surface area contributed by atoms with Crippen molar-refractivity contribution in [2.75, 3.05) is 13.7 Å². The average Bonchev–Trinajstić information content (AvgIpc) is 3.28. The van der Waals surface area contributed by atoms with Crippen LogP contribution in [0.25, 0.3) is 0 Å². The standard InChI is InChI=1S/C13H13NO6/c1-19-12-4-9(6-15)10(14(17)18)5-13(12)20-7-11(16)8-2-3-8/h4-6,8H,2-3,7H2,1H3. The van der Waals surface area contributed by atoms with Gasteiger partial charge in [0.15, 0.2) is 23.6 Å². The first-order chi connectivity index (χ1) is 9.56. The van der Waals surface area contributed by atoms with Crippen molar-refractivity contribution in [1.29, 1.82) is 0 Å². The van der Waals surface area contributed by atoms with Crippen LogP contribution in [0.2, 0.25) is 0 Å². The number of ketones is 1. The number of nitro benzene ring substituents is 1. The third kappa shape index (κ3) is 2.93. The Hall–Kier alpha value is -2.44. The third-order valence-electron chi connectivity index (χ3n) is 3.04. The molecule has 7 nitrogen and oxygen atoms in total. The molecule has 1 aromatic rings. The molecule has 1 aliphatic rings. The summed E-state index contributed by atoms with van der Waals surface area (Å²) in [5.74, 6) is 0.277. The number of hydrogen-bond donors (Lipinski definition) is 0. The fourth-order valence-corrected chi connectivity index (χ4v) is 1.76. The van der Waals surface area contributed by atoms with Crippen molar-refractivity contribution in [2.24, 2.45) is 5.92 Å². The van der Waals surface area contributed by atoms with Crippen LogP contribution >= 0.6 is 0 Å². The van der Waals surface area contributed by atoms with Crippen molar-refractivity contribution in [2.45, 2.75) is 12.8 Å². The van der Waals surface area contributed by atoms with E-state index in [1.165, 1.54) is 13.2 Å². The maximum absolute atomic E-state index is 11.6. The van der Waals surface area contributed by atoms with Gasteiger partial charge in [0.25, 0.3) is 5.69 Å². The van der Waals surface area contributed by atoms with E-state index in [1.807, 2.05) is 0 Å². The summed E-state index contributed by atoms with van der Waals surface area (Å²) in [4.78, 5) is 32.6. The number of Topliss-reactive ketones (excluding diaryl/α,β-unsaturated/α-hetero) is 1. The third-order valence-corrected chi connectivity index (χ3v) is 3.04. The van der Waals surface area contributed by atoms with Crippen LogP contribution in [0.1, 0.15) is 23.2 Å². The second-order valence-electron chi connectivity index (χ2n) is 4.47. The lowest BCUT2D eigenvalue weighted by Crippen LogP contribution is -2.13. The van der Waals surface area contributed by atoms with Gasteiger partial charge >= 0.3 is 0 Å². The molecule has 1 saturated carbocycles. The molecule has 1 aliphatic carbocycles. The van der Waals surface area contributed by atoms with Gasteiger partial charge in [0.1, 0.15) is 6.61 Å². The van der Waals surface area contributed by atoms with Crippen LogP contribution in [0.3, 0.4) is 0 Å². The molecule has 0 saturated heterocycles. The number of aldehydes is 1. The van der Waals surface area contributed by atoms with E-state index in [4.69, 9.17) is 9.47 Å². The zero-order chi connectivity index (χ0) is 14.7. The minimum absolute atomic E-state index is 0.0332. The summed E-state index contributed by atoms with van der Waals surface area (Å²) in [6.07, 6.45) is 2.10. The SMILES string of the molecule is COc1cc(C=O)c([N+](=O)[O-])cc1OCC(=O)C1CC1. The summed E-state index contributed by atoms with van der Waals surface area (Å²) < 4.78 is 10.3. The Bertz CT molecular complexity index is 564. The van der Waals surface area contributed by atoms with Crippen molar-refractivity contribution in [3.05, 3.63) is 27.8 Å². The number of methoxy groups -OCH3 is 1. The molecule has 0 unspecified atom stereocenters. The number of rotatable bonds is 7. The molecule has 0 aromatic heterocycles. The fraction of sp³-hybridized carbons (Fsp3) is 0.385. The summed E-state index contributed by atoms with van der Waals surface area (Å²) in [5.41, 5.74) is -0.484. The average molecular weight is 279 g/mol. The van der Waals surface area contributed by atoms with E-state index >= 15 is 0 Å². The first kappa shape index (κ1) is 14.0. The lowest BCUT2D eigenvalue weighted by Gasteiger charge is -2.10. The zero-order valence-corrected chi connectivity index (χ0v) is 10.8. The minimum Gasteiger partial charge on any atom is -0.493 e. The Morgan fingerprint density at radius 2 is 2.15 bits per heavy atom. The van der Waals surface area contributed by atoms with Gasteiger partial charge in [-0.25, -0.2) is 0 Å². The molecule has 1 aromatic carbocycles. The van der Waals surface area contributed by atoms with E-state index in [2.05, 4.69) is 0 Å². The molecule has 20 heavy (non-hydrogen) atoms. The highest BCUT2D eigenvalue weighted by atomic mass is 16.6. The topological polar surface area (TPSA) is 95.7 Å². The highest BCUT2D eigenvalue weighted by Gasteiger charge is 2.30. The zero-order valence-electron chi connectivity index (χ0n) is 10.8. The molecule has 1 fully saturated rings. The van der Waals surface area contributed by atoms with Gasteiger partial charge in [0.05, 0.1) is 23.7 Å². The van der Waals surface area contributed by atoms with Crippen molar-refractivity contribution < 1.29 is 24.0 Å². The van der Waals surface area contributed by atoms with E-state index in [9.17, 15) is 19.7 Å². The number of benzene rings is 1. The molecule has 0 N–H and O–H groups in total. The van der Waals surface area contributed by atoms with E-state index in [1.54, 1.807) is 0 Å². The van der Waals surface area contributed by atoms with Crippen molar-refractivity contribution in [3.63, 3.8) is 0 Å². The van der Waals surface area contributed by atoms with Crippen LogP contribution in [0, 0.1) is 16.0 Å². The Kier molecular flexibility index (Phi) is 3.97. The van der Waals surface area contributed by atoms with Gasteiger partial charge in [-0.2, -0.15) is 0 Å². The number of hydrogen-bond acceptors (Lipinski definition) is 6. The van der Waals surface area contributed by atoms with E-state index in [0.717, 1.165) is 18.9 Å².